The zero-order chi connectivity index (χ0) is 10.6. The standard InChI is InChI=1S/C2H7NO.C2H4O2.CH5N3/c1-2-4-3;1-2(3)4;2-1(3)4/h2-3H2,1H3;1H3,(H,3,4);(H5,2,3,4). The molecule has 12 heavy (non-hydrogen) atoms. The number of carboxylic acid groups (broad SMARTS) is 1. The number of rotatable bonds is 1. The van der Waals surface area contributed by atoms with Gasteiger partial charge in [-0.3, -0.25) is 10.2 Å². The van der Waals surface area contributed by atoms with Gasteiger partial charge in [0.05, 0.1) is 6.61 Å². The van der Waals surface area contributed by atoms with E-state index in [0.29, 0.717) is 6.61 Å². The summed E-state index contributed by atoms with van der Waals surface area (Å²) in [5.74, 6) is 3.36. The average molecular weight is 180 g/mol. The number of hydrogen-bond acceptors (Lipinski definition) is 4. The monoisotopic (exact) mass is 180 g/mol. The van der Waals surface area contributed by atoms with Gasteiger partial charge in [0, 0.05) is 6.92 Å². The average Bonchev–Trinajstić information content (AvgIpc) is 1.85. The van der Waals surface area contributed by atoms with Crippen LogP contribution in [-0.4, -0.2) is 23.6 Å². The second-order valence-electron chi connectivity index (χ2n) is 1.43. The quantitative estimate of drug-likeness (QED) is 0.195. The van der Waals surface area contributed by atoms with Crippen LogP contribution in [0.15, 0.2) is 0 Å². The Morgan fingerprint density at radius 3 is 1.67 bits per heavy atom. The molecule has 7 nitrogen and oxygen atoms in total. The maximum atomic E-state index is 9.00. The third-order valence-corrected chi connectivity index (χ3v) is 0.167. The molecule has 0 saturated heterocycles. The molecule has 0 aliphatic heterocycles. The summed E-state index contributed by atoms with van der Waals surface area (Å²) >= 11 is 0. The summed E-state index contributed by atoms with van der Waals surface area (Å²) in [6, 6.07) is 0. The predicted molar refractivity (Wildman–Crippen MR) is 45.2 cm³/mol. The van der Waals surface area contributed by atoms with E-state index < -0.39 is 5.97 Å². The molecule has 0 unspecified atom stereocenters. The van der Waals surface area contributed by atoms with Crippen molar-refractivity contribution >= 4 is 11.9 Å². The largest absolute Gasteiger partial charge is 0.481 e. The van der Waals surface area contributed by atoms with E-state index in [1.54, 1.807) is 0 Å². The van der Waals surface area contributed by atoms with Crippen LogP contribution in [0.1, 0.15) is 13.8 Å². The molecule has 7 heteroatoms. The second-order valence-corrected chi connectivity index (χ2v) is 1.43. The topological polar surface area (TPSA) is 148 Å². The fraction of sp³-hybridized carbons (Fsp3) is 0.600. The van der Waals surface area contributed by atoms with Crippen LogP contribution in [0.4, 0.5) is 0 Å². The number of carboxylic acids is 1. The number of nitrogens with two attached hydrogens (primary N) is 3. The lowest BCUT2D eigenvalue weighted by Crippen LogP contribution is -2.20. The number of hydrogen-bond donors (Lipinski definition) is 5. The lowest BCUT2D eigenvalue weighted by molar-refractivity contribution is -0.134. The maximum Gasteiger partial charge on any atom is 0.300 e. The summed E-state index contributed by atoms with van der Waals surface area (Å²) in [5, 5.41) is 13.5. The molecule has 0 atom stereocenters. The number of nitrogens with one attached hydrogen (secondary N) is 1. The summed E-state index contributed by atoms with van der Waals surface area (Å²) in [6.07, 6.45) is 0. The van der Waals surface area contributed by atoms with Crippen molar-refractivity contribution in [1.29, 1.82) is 5.41 Å². The zero-order valence-electron chi connectivity index (χ0n) is 7.20. The van der Waals surface area contributed by atoms with Crippen LogP contribution < -0.4 is 17.4 Å². The normalized spacial score (nSPS) is 6.58. The van der Waals surface area contributed by atoms with Gasteiger partial charge in [-0.1, -0.05) is 0 Å². The van der Waals surface area contributed by atoms with Gasteiger partial charge in [0.1, 0.15) is 0 Å². The molecule has 0 radical (unpaired) electrons. The molecule has 0 aliphatic carbocycles. The summed E-state index contributed by atoms with van der Waals surface area (Å²) in [6.45, 7) is 3.51. The molecule has 0 aromatic rings. The third-order valence-electron chi connectivity index (χ3n) is 0.167. The van der Waals surface area contributed by atoms with Gasteiger partial charge in [0.15, 0.2) is 5.96 Å². The van der Waals surface area contributed by atoms with Crippen LogP contribution in [0, 0.1) is 5.41 Å². The van der Waals surface area contributed by atoms with Crippen LogP contribution >= 0.6 is 0 Å². The first-order valence-electron chi connectivity index (χ1n) is 2.99. The predicted octanol–water partition coefficient (Wildman–Crippen LogP) is -1.17. The molecule has 0 spiro atoms. The highest BCUT2D eigenvalue weighted by Gasteiger charge is 1.65. The Balaban J connectivity index is -0.000000101. The summed E-state index contributed by atoms with van der Waals surface area (Å²) in [5.41, 5.74) is 8.94. The van der Waals surface area contributed by atoms with Crippen molar-refractivity contribution in [2.75, 3.05) is 6.61 Å². The van der Waals surface area contributed by atoms with Crippen LogP contribution in [0.2, 0.25) is 0 Å². The molecule has 0 saturated carbocycles. The highest BCUT2D eigenvalue weighted by molar-refractivity contribution is 5.71. The number of aliphatic carboxylic acids is 1. The van der Waals surface area contributed by atoms with Crippen molar-refractivity contribution in [2.24, 2.45) is 17.4 Å². The van der Waals surface area contributed by atoms with Crippen molar-refractivity contribution in [3.05, 3.63) is 0 Å². The smallest absolute Gasteiger partial charge is 0.300 e. The lowest BCUT2D eigenvalue weighted by atomic mass is 10.9. The van der Waals surface area contributed by atoms with Crippen molar-refractivity contribution in [3.63, 3.8) is 0 Å². The van der Waals surface area contributed by atoms with Crippen molar-refractivity contribution < 1.29 is 14.7 Å². The maximum absolute atomic E-state index is 9.00. The molecule has 0 aromatic heterocycles. The van der Waals surface area contributed by atoms with Gasteiger partial charge in [-0.2, -0.15) is 0 Å². The van der Waals surface area contributed by atoms with Crippen molar-refractivity contribution in [2.45, 2.75) is 13.8 Å². The Morgan fingerprint density at radius 2 is 1.67 bits per heavy atom. The zero-order valence-corrected chi connectivity index (χ0v) is 7.20. The van der Waals surface area contributed by atoms with E-state index >= 15 is 0 Å². The molecule has 0 aromatic carbocycles. The first-order valence-corrected chi connectivity index (χ1v) is 2.99. The highest BCUT2D eigenvalue weighted by atomic mass is 16.6. The lowest BCUT2D eigenvalue weighted by Gasteiger charge is -1.76. The van der Waals surface area contributed by atoms with E-state index in [1.165, 1.54) is 0 Å². The van der Waals surface area contributed by atoms with Crippen molar-refractivity contribution in [1.82, 2.24) is 0 Å². The third kappa shape index (κ3) is 4400. The van der Waals surface area contributed by atoms with Crippen LogP contribution in [0.5, 0.6) is 0 Å². The van der Waals surface area contributed by atoms with Crippen molar-refractivity contribution in [3.8, 4) is 0 Å². The molecule has 0 aliphatic rings. The van der Waals surface area contributed by atoms with E-state index in [1.807, 2.05) is 6.92 Å². The fourth-order valence-corrected chi connectivity index (χ4v) is 0. The number of guanidine groups is 1. The first kappa shape index (κ1) is 17.0. The Bertz CT molecular complexity index is 95.3. The molecule has 0 fully saturated rings. The molecule has 74 valence electrons. The van der Waals surface area contributed by atoms with E-state index in [-0.39, 0.29) is 5.96 Å². The Morgan fingerprint density at radius 1 is 1.58 bits per heavy atom. The highest BCUT2D eigenvalue weighted by Crippen LogP contribution is 1.46. The molecular formula is C5H16N4O3. The van der Waals surface area contributed by atoms with Gasteiger partial charge >= 0.3 is 0 Å². The molecular weight excluding hydrogens is 164 g/mol. The minimum Gasteiger partial charge on any atom is -0.481 e. The Labute approximate surface area is 70.9 Å². The molecule has 0 rings (SSSR count). The van der Waals surface area contributed by atoms with Gasteiger partial charge in [0.2, 0.25) is 0 Å². The van der Waals surface area contributed by atoms with E-state index in [0.717, 1.165) is 6.92 Å². The van der Waals surface area contributed by atoms with Gasteiger partial charge in [0.25, 0.3) is 5.97 Å². The van der Waals surface area contributed by atoms with Crippen LogP contribution in [0.25, 0.3) is 0 Å². The van der Waals surface area contributed by atoms with Gasteiger partial charge in [-0.15, -0.1) is 0 Å². The van der Waals surface area contributed by atoms with Gasteiger partial charge in [-0.05, 0) is 6.92 Å². The second kappa shape index (κ2) is 16.3. The summed E-state index contributed by atoms with van der Waals surface area (Å²) in [4.78, 5) is 13.0. The van der Waals surface area contributed by atoms with Gasteiger partial charge < -0.3 is 21.4 Å². The molecule has 8 N–H and O–H groups in total. The summed E-state index contributed by atoms with van der Waals surface area (Å²) < 4.78 is 0. The molecule has 0 bridgehead atoms. The van der Waals surface area contributed by atoms with Crippen LogP contribution in [0.3, 0.4) is 0 Å². The fourth-order valence-electron chi connectivity index (χ4n) is 0. The van der Waals surface area contributed by atoms with Crippen LogP contribution in [-0.2, 0) is 9.63 Å². The first-order chi connectivity index (χ1) is 5.38. The molecule has 0 heterocycles. The number of carbonyl (C=O) groups is 1. The molecule has 0 amide bonds. The van der Waals surface area contributed by atoms with Gasteiger partial charge in [-0.25, -0.2) is 5.90 Å². The summed E-state index contributed by atoms with van der Waals surface area (Å²) in [7, 11) is 0. The minimum atomic E-state index is -0.833. The van der Waals surface area contributed by atoms with E-state index in [4.69, 9.17) is 15.3 Å². The van der Waals surface area contributed by atoms with E-state index in [2.05, 4.69) is 22.2 Å². The minimum absolute atomic E-state index is 0.333. The Hall–Kier alpha value is -1.34. The van der Waals surface area contributed by atoms with E-state index in [9.17, 15) is 0 Å². The Kier molecular flexibility index (Phi) is 23.1. The SMILES string of the molecule is CC(=O)O.CCON.N=C(N)N.